The summed E-state index contributed by atoms with van der Waals surface area (Å²) in [4.78, 5) is 83.8. The van der Waals surface area contributed by atoms with Gasteiger partial charge in [0.1, 0.15) is 28.8 Å². The van der Waals surface area contributed by atoms with Crippen molar-refractivity contribution in [2.24, 2.45) is 0 Å². The number of benzene rings is 6. The van der Waals surface area contributed by atoms with E-state index in [0.717, 1.165) is 42.6 Å². The fourth-order valence-corrected chi connectivity index (χ4v) is 7.38. The number of ether oxygens (including phenoxy) is 5. The number of carbonyl (C=O) groups excluding carboxylic acids is 7. The second kappa shape index (κ2) is 31.6. The van der Waals surface area contributed by atoms with Crippen LogP contribution in [0, 0.1) is 19.7 Å². The standard InChI is InChI=1S/C21H23N3O5.C19H22FN3O3.C17H18ClN3O4/c1-28-20(26)17-8-4-5-9-18(17)22-21(27)24-23-19(25)14-10-12-16(13-11-14)29-15-6-2-3-7-15;1-3-4-11-26-15-8-6-14(7-9-15)18(24)22-23-19(25)21-17-10-5-13(2)12-16(17)20;1-10-4-5-11(8-14(10)18)19-17(23)21-20-16(22)13-7-6-12(24-2)9-15(13)25-3/h4-5,8-13,15H,2-3,6-7H2,1H3,(H,23,25)(H2,22,24,27);5-10,12H,3-4,11H2,1-2H3,(H,22,24)(H2,21,23,25);4-9H,1-3H3,(H,20,22)(H2,19,21,23). The second-order valence-corrected chi connectivity index (χ2v) is 17.8. The summed E-state index contributed by atoms with van der Waals surface area (Å²) in [5, 5.41) is 7.91. The molecule has 0 bridgehead atoms. The van der Waals surface area contributed by atoms with Crippen LogP contribution >= 0.6 is 11.6 Å². The van der Waals surface area contributed by atoms with E-state index in [4.69, 9.17) is 30.5 Å². The van der Waals surface area contributed by atoms with Gasteiger partial charge in [0, 0.05) is 27.9 Å². The van der Waals surface area contributed by atoms with Gasteiger partial charge in [-0.2, -0.15) is 0 Å². The van der Waals surface area contributed by atoms with Crippen LogP contribution in [0.3, 0.4) is 0 Å². The summed E-state index contributed by atoms with van der Waals surface area (Å²) in [6.45, 7) is 6.30. The highest BCUT2D eigenvalue weighted by Crippen LogP contribution is 2.26. The van der Waals surface area contributed by atoms with Crippen molar-refractivity contribution in [1.82, 2.24) is 32.6 Å². The molecular formula is C57H63ClFN9O12. The number of methoxy groups -OCH3 is 3. The highest BCUT2D eigenvalue weighted by molar-refractivity contribution is 6.31. The molecule has 1 aliphatic carbocycles. The third kappa shape index (κ3) is 19.8. The third-order valence-electron chi connectivity index (χ3n) is 11.5. The number of rotatable bonds is 15. The molecule has 1 fully saturated rings. The van der Waals surface area contributed by atoms with E-state index in [2.05, 4.69) is 60.2 Å². The van der Waals surface area contributed by atoms with Gasteiger partial charge in [0.25, 0.3) is 17.7 Å². The maximum absolute atomic E-state index is 13.7. The number of urea groups is 3. The Kier molecular flexibility index (Phi) is 24.2. The van der Waals surface area contributed by atoms with Crippen LogP contribution in [0.15, 0.2) is 127 Å². The van der Waals surface area contributed by atoms with Gasteiger partial charge in [0.05, 0.1) is 56.5 Å². The van der Waals surface area contributed by atoms with Crippen molar-refractivity contribution in [3.05, 3.63) is 172 Å². The second-order valence-electron chi connectivity index (χ2n) is 17.4. The molecule has 7 rings (SSSR count). The molecule has 6 aromatic carbocycles. The Bertz CT molecular complexity index is 3090. The van der Waals surface area contributed by atoms with Crippen LogP contribution in [0.2, 0.25) is 5.02 Å². The highest BCUT2D eigenvalue weighted by atomic mass is 35.5. The summed E-state index contributed by atoms with van der Waals surface area (Å²) >= 11 is 6.00. The molecule has 9 N–H and O–H groups in total. The lowest BCUT2D eigenvalue weighted by atomic mass is 10.2. The molecule has 0 aliphatic heterocycles. The van der Waals surface area contributed by atoms with Gasteiger partial charge in [-0.15, -0.1) is 0 Å². The molecule has 0 aromatic heterocycles. The smallest absolute Gasteiger partial charge is 0.339 e. The molecule has 80 heavy (non-hydrogen) atoms. The number of esters is 1. The number of hydrogen-bond donors (Lipinski definition) is 9. The van der Waals surface area contributed by atoms with Gasteiger partial charge >= 0.3 is 24.1 Å². The van der Waals surface area contributed by atoms with Crippen LogP contribution in [0.5, 0.6) is 23.0 Å². The van der Waals surface area contributed by atoms with Crippen LogP contribution in [0.4, 0.5) is 35.8 Å². The molecule has 6 aromatic rings. The molecule has 0 unspecified atom stereocenters. The summed E-state index contributed by atoms with van der Waals surface area (Å²) in [7, 11) is 4.20. The van der Waals surface area contributed by atoms with E-state index in [0.29, 0.717) is 45.7 Å². The van der Waals surface area contributed by atoms with Gasteiger partial charge in [0.15, 0.2) is 0 Å². The largest absolute Gasteiger partial charge is 0.497 e. The molecule has 0 saturated heterocycles. The quantitative estimate of drug-likeness (QED) is 0.0264. The zero-order chi connectivity index (χ0) is 58.0. The molecule has 21 nitrogen and oxygen atoms in total. The van der Waals surface area contributed by atoms with E-state index in [-0.39, 0.29) is 28.6 Å². The Balaban J connectivity index is 0.000000221. The number of hydrazine groups is 3. The summed E-state index contributed by atoms with van der Waals surface area (Å²) in [5.74, 6) is -0.362. The molecular weight excluding hydrogens is 1060 g/mol. The lowest BCUT2D eigenvalue weighted by molar-refractivity contribution is 0.0601. The topological polar surface area (TPSA) is 274 Å². The van der Waals surface area contributed by atoms with Gasteiger partial charge in [-0.25, -0.2) is 39.8 Å². The summed E-state index contributed by atoms with van der Waals surface area (Å²) < 4.78 is 40.0. The minimum Gasteiger partial charge on any atom is -0.497 e. The minimum absolute atomic E-state index is 0.0240. The average Bonchev–Trinajstić information content (AvgIpc) is 3.98. The van der Waals surface area contributed by atoms with Gasteiger partial charge in [-0.1, -0.05) is 49.2 Å². The third-order valence-corrected chi connectivity index (χ3v) is 11.9. The van der Waals surface area contributed by atoms with Crippen LogP contribution in [-0.4, -0.2) is 75.8 Å². The molecule has 422 valence electrons. The first kappa shape index (κ1) is 61.3. The Hall–Kier alpha value is -9.57. The molecule has 9 amide bonds. The molecule has 0 radical (unpaired) electrons. The number of halogens is 2. The maximum atomic E-state index is 13.7. The van der Waals surface area contributed by atoms with E-state index in [9.17, 15) is 38.0 Å². The number of amides is 9. The van der Waals surface area contributed by atoms with E-state index in [1.165, 1.54) is 58.4 Å². The van der Waals surface area contributed by atoms with Crippen molar-refractivity contribution in [3.8, 4) is 23.0 Å². The average molecular weight is 1120 g/mol. The first-order valence-corrected chi connectivity index (χ1v) is 25.4. The fraction of sp³-hybridized carbons (Fsp3) is 0.246. The lowest BCUT2D eigenvalue weighted by Crippen LogP contribution is -2.44. The molecule has 0 heterocycles. The number of hydrogen-bond acceptors (Lipinski definition) is 12. The van der Waals surface area contributed by atoms with E-state index in [1.807, 2.05) is 6.92 Å². The predicted molar refractivity (Wildman–Crippen MR) is 300 cm³/mol. The van der Waals surface area contributed by atoms with Crippen molar-refractivity contribution in [3.63, 3.8) is 0 Å². The highest BCUT2D eigenvalue weighted by Gasteiger charge is 2.19. The Morgan fingerprint density at radius 2 is 1.15 bits per heavy atom. The number of carbonyl (C=O) groups is 7. The zero-order valence-corrected chi connectivity index (χ0v) is 45.6. The van der Waals surface area contributed by atoms with Crippen LogP contribution in [0.25, 0.3) is 0 Å². The van der Waals surface area contributed by atoms with E-state index >= 15 is 0 Å². The lowest BCUT2D eigenvalue weighted by Gasteiger charge is -2.13. The molecule has 1 saturated carbocycles. The zero-order valence-electron chi connectivity index (χ0n) is 44.8. The Morgan fingerprint density at radius 1 is 0.575 bits per heavy atom. The molecule has 0 atom stereocenters. The van der Waals surface area contributed by atoms with Gasteiger partial charge in [-0.3, -0.25) is 30.7 Å². The number of para-hydroxylation sites is 1. The van der Waals surface area contributed by atoms with Crippen molar-refractivity contribution in [2.75, 3.05) is 43.9 Å². The SMILES string of the molecule is CCCCOc1ccc(C(=O)NNC(=O)Nc2ccc(C)cc2F)cc1.COC(=O)c1ccccc1NC(=O)NNC(=O)c1ccc(OC2CCCC2)cc1.COc1ccc(C(=O)NNC(=O)Nc2ccc(C)c(Cl)c2)c(OC)c1. The number of anilines is 3. The Morgan fingerprint density at radius 3 is 1.73 bits per heavy atom. The normalized spacial score (nSPS) is 11.2. The van der Waals surface area contributed by atoms with E-state index < -0.39 is 47.6 Å². The van der Waals surface area contributed by atoms with Gasteiger partial charge in [-0.05, 0) is 154 Å². The van der Waals surface area contributed by atoms with Crippen molar-refractivity contribution in [1.29, 1.82) is 0 Å². The van der Waals surface area contributed by atoms with Gasteiger partial charge in [0.2, 0.25) is 0 Å². The number of nitrogens with one attached hydrogen (secondary N) is 9. The predicted octanol–water partition coefficient (Wildman–Crippen LogP) is 10.2. The monoisotopic (exact) mass is 1120 g/mol. The number of unbranched alkanes of at least 4 members (excludes halogenated alkanes) is 1. The molecule has 23 heteroatoms. The van der Waals surface area contributed by atoms with Crippen molar-refractivity contribution in [2.45, 2.75) is 65.4 Å². The minimum atomic E-state index is -0.749. The maximum Gasteiger partial charge on any atom is 0.339 e. The molecule has 0 spiro atoms. The van der Waals surface area contributed by atoms with Gasteiger partial charge < -0.3 is 39.6 Å². The fourth-order valence-electron chi connectivity index (χ4n) is 7.20. The van der Waals surface area contributed by atoms with Crippen molar-refractivity contribution < 1.29 is 61.6 Å². The molecule has 1 aliphatic rings. The summed E-state index contributed by atoms with van der Waals surface area (Å²) in [6.07, 6.45) is 6.73. The van der Waals surface area contributed by atoms with Crippen LogP contribution in [0.1, 0.15) is 98.0 Å². The van der Waals surface area contributed by atoms with E-state index in [1.54, 1.807) is 110 Å². The summed E-state index contributed by atoms with van der Waals surface area (Å²) in [5.41, 5.74) is 17.2. The first-order chi connectivity index (χ1) is 38.5. The van der Waals surface area contributed by atoms with Crippen LogP contribution in [-0.2, 0) is 4.74 Å². The summed E-state index contributed by atoms with van der Waals surface area (Å²) in [6, 6.07) is 31.9. The Labute approximate surface area is 466 Å². The first-order valence-electron chi connectivity index (χ1n) is 25.0. The van der Waals surface area contributed by atoms with Crippen molar-refractivity contribution >= 4 is 70.4 Å². The van der Waals surface area contributed by atoms with Crippen LogP contribution < -0.4 is 67.5 Å². The number of aryl methyl sites for hydroxylation is 2.